The molecule has 0 spiro atoms. The van der Waals surface area contributed by atoms with Gasteiger partial charge in [-0.1, -0.05) is 42.8 Å². The predicted molar refractivity (Wildman–Crippen MR) is 93.2 cm³/mol. The maximum atomic E-state index is 9.41. The van der Waals surface area contributed by atoms with Crippen LogP contribution in [-0.2, 0) is 0 Å². The van der Waals surface area contributed by atoms with E-state index in [4.69, 9.17) is 0 Å². The summed E-state index contributed by atoms with van der Waals surface area (Å²) in [6.07, 6.45) is 6.56. The van der Waals surface area contributed by atoms with Crippen molar-refractivity contribution in [2.45, 2.75) is 37.6 Å². The van der Waals surface area contributed by atoms with Crippen LogP contribution in [0.3, 0.4) is 0 Å². The third-order valence-electron chi connectivity index (χ3n) is 4.96. The zero-order valence-electron chi connectivity index (χ0n) is 13.6. The molecule has 1 heterocycles. The van der Waals surface area contributed by atoms with Gasteiger partial charge in [0.15, 0.2) is 0 Å². The first-order valence-electron chi connectivity index (χ1n) is 8.68. The van der Waals surface area contributed by atoms with Crippen LogP contribution >= 0.6 is 0 Å². The van der Waals surface area contributed by atoms with E-state index in [0.29, 0.717) is 17.9 Å². The lowest BCUT2D eigenvalue weighted by molar-refractivity contribution is 0.219. The molecule has 2 N–H and O–H groups in total. The van der Waals surface area contributed by atoms with Gasteiger partial charge in [0.2, 0.25) is 0 Å². The number of hydrogen-bond donors (Lipinski definition) is 2. The molecule has 0 radical (unpaired) electrons. The number of nitrogens with one attached hydrogen (secondary N) is 1. The maximum absolute atomic E-state index is 9.41. The van der Waals surface area contributed by atoms with Crippen molar-refractivity contribution in [3.05, 3.63) is 66.0 Å². The minimum atomic E-state index is 0.221. The highest BCUT2D eigenvalue weighted by molar-refractivity contribution is 5.20. The summed E-state index contributed by atoms with van der Waals surface area (Å²) in [5, 5.41) is 13.2. The summed E-state index contributed by atoms with van der Waals surface area (Å²) in [5.74, 6) is 1.03. The number of rotatable bonds is 8. The Morgan fingerprint density at radius 2 is 1.87 bits per heavy atom. The molecule has 1 fully saturated rings. The molecule has 0 bridgehead atoms. The molecule has 122 valence electrons. The van der Waals surface area contributed by atoms with Crippen molar-refractivity contribution in [2.24, 2.45) is 5.92 Å². The van der Waals surface area contributed by atoms with Crippen molar-refractivity contribution in [1.29, 1.82) is 0 Å². The van der Waals surface area contributed by atoms with Crippen LogP contribution in [0.5, 0.6) is 0 Å². The van der Waals surface area contributed by atoms with Gasteiger partial charge in [0.1, 0.15) is 0 Å². The van der Waals surface area contributed by atoms with Crippen LogP contribution in [0.25, 0.3) is 0 Å². The van der Waals surface area contributed by atoms with Gasteiger partial charge < -0.3 is 10.4 Å². The summed E-state index contributed by atoms with van der Waals surface area (Å²) in [6.45, 7) is 1.10. The Morgan fingerprint density at radius 3 is 2.48 bits per heavy atom. The summed E-state index contributed by atoms with van der Waals surface area (Å²) in [4.78, 5) is 4.57. The molecule has 3 nitrogen and oxygen atoms in total. The zero-order chi connectivity index (χ0) is 15.9. The smallest absolute Gasteiger partial charge is 0.0576 e. The van der Waals surface area contributed by atoms with Crippen LogP contribution in [0.15, 0.2) is 54.7 Å². The molecule has 2 aromatic rings. The fraction of sp³-hybridized carbons (Fsp3) is 0.450. The van der Waals surface area contributed by atoms with E-state index < -0.39 is 0 Å². The highest BCUT2D eigenvalue weighted by atomic mass is 16.3. The number of pyridine rings is 1. The third-order valence-corrected chi connectivity index (χ3v) is 4.96. The number of aliphatic hydroxyl groups is 1. The first-order valence-corrected chi connectivity index (χ1v) is 8.68. The summed E-state index contributed by atoms with van der Waals surface area (Å²) < 4.78 is 0. The maximum Gasteiger partial charge on any atom is 0.0576 e. The average molecular weight is 310 g/mol. The van der Waals surface area contributed by atoms with Gasteiger partial charge in [0.05, 0.1) is 11.7 Å². The molecular formula is C20H26N2O. The van der Waals surface area contributed by atoms with Crippen molar-refractivity contribution < 1.29 is 5.11 Å². The van der Waals surface area contributed by atoms with E-state index in [2.05, 4.69) is 46.7 Å². The number of nitrogens with zero attached hydrogens (tertiary/aromatic N) is 1. The molecule has 2 atom stereocenters. The lowest BCUT2D eigenvalue weighted by Gasteiger charge is -2.35. The summed E-state index contributed by atoms with van der Waals surface area (Å²) in [6, 6.07) is 17.0. The molecule has 3 rings (SSSR count). The number of aliphatic hydroxyl groups excluding tert-OH is 1. The number of aromatic nitrogens is 1. The van der Waals surface area contributed by atoms with Crippen LogP contribution < -0.4 is 5.32 Å². The highest BCUT2D eigenvalue weighted by Gasteiger charge is 2.29. The number of benzene rings is 1. The van der Waals surface area contributed by atoms with E-state index >= 15 is 0 Å². The molecule has 1 aromatic carbocycles. The Labute approximate surface area is 138 Å². The molecule has 23 heavy (non-hydrogen) atoms. The average Bonchev–Trinajstić information content (AvgIpc) is 2.57. The van der Waals surface area contributed by atoms with Crippen molar-refractivity contribution in [3.63, 3.8) is 0 Å². The molecule has 1 aliphatic rings. The molecule has 2 unspecified atom stereocenters. The van der Waals surface area contributed by atoms with E-state index in [0.717, 1.165) is 18.7 Å². The zero-order valence-corrected chi connectivity index (χ0v) is 13.6. The first-order chi connectivity index (χ1) is 11.4. The Morgan fingerprint density at radius 1 is 1.09 bits per heavy atom. The van der Waals surface area contributed by atoms with Crippen molar-refractivity contribution in [3.8, 4) is 0 Å². The normalized spacial score (nSPS) is 17.4. The lowest BCUT2D eigenvalue weighted by Crippen LogP contribution is -2.35. The third kappa shape index (κ3) is 4.18. The fourth-order valence-electron chi connectivity index (χ4n) is 3.38. The Hall–Kier alpha value is -1.71. The summed E-state index contributed by atoms with van der Waals surface area (Å²) in [5.41, 5.74) is 2.44. The van der Waals surface area contributed by atoms with Gasteiger partial charge in [-0.05, 0) is 48.8 Å². The molecule has 0 amide bonds. The van der Waals surface area contributed by atoms with Gasteiger partial charge in [-0.2, -0.15) is 0 Å². The standard InChI is InChI=1S/C20H26N2O/c23-14-12-18(16-7-2-1-3-8-16)15-22-20(17-9-6-10-17)19-11-4-5-13-21-19/h1-5,7-8,11,13,17-18,20,22-23H,6,9-10,12,14-15H2. The topological polar surface area (TPSA) is 45.1 Å². The Balaban J connectivity index is 1.69. The van der Waals surface area contributed by atoms with E-state index in [-0.39, 0.29) is 6.61 Å². The molecule has 0 saturated heterocycles. The Kier molecular flexibility index (Phi) is 5.78. The second-order valence-corrected chi connectivity index (χ2v) is 6.45. The van der Waals surface area contributed by atoms with Crippen LogP contribution in [0.2, 0.25) is 0 Å². The number of hydrogen-bond acceptors (Lipinski definition) is 3. The van der Waals surface area contributed by atoms with E-state index in [1.165, 1.54) is 24.8 Å². The summed E-state index contributed by atoms with van der Waals surface area (Å²) in [7, 11) is 0. The van der Waals surface area contributed by atoms with E-state index in [1.54, 1.807) is 0 Å². The minimum absolute atomic E-state index is 0.221. The van der Waals surface area contributed by atoms with Crippen LogP contribution in [-0.4, -0.2) is 23.2 Å². The van der Waals surface area contributed by atoms with Gasteiger partial charge in [-0.25, -0.2) is 0 Å². The monoisotopic (exact) mass is 310 g/mol. The Bertz CT molecular complexity index is 569. The lowest BCUT2D eigenvalue weighted by atomic mass is 9.78. The van der Waals surface area contributed by atoms with Crippen LogP contribution in [0.4, 0.5) is 0 Å². The molecule has 1 saturated carbocycles. The van der Waals surface area contributed by atoms with Crippen molar-refractivity contribution in [1.82, 2.24) is 10.3 Å². The fourth-order valence-corrected chi connectivity index (χ4v) is 3.38. The molecular weight excluding hydrogens is 284 g/mol. The van der Waals surface area contributed by atoms with Crippen LogP contribution in [0, 0.1) is 5.92 Å². The summed E-state index contributed by atoms with van der Waals surface area (Å²) >= 11 is 0. The second-order valence-electron chi connectivity index (χ2n) is 6.45. The van der Waals surface area contributed by atoms with Crippen molar-refractivity contribution >= 4 is 0 Å². The van der Waals surface area contributed by atoms with E-state index in [9.17, 15) is 5.11 Å². The van der Waals surface area contributed by atoms with Gasteiger partial charge >= 0.3 is 0 Å². The molecule has 1 aliphatic carbocycles. The van der Waals surface area contributed by atoms with Gasteiger partial charge in [-0.3, -0.25) is 4.98 Å². The molecule has 0 aliphatic heterocycles. The highest BCUT2D eigenvalue weighted by Crippen LogP contribution is 2.37. The predicted octanol–water partition coefficient (Wildman–Crippen LogP) is 3.68. The van der Waals surface area contributed by atoms with E-state index in [1.807, 2.05) is 18.3 Å². The quantitative estimate of drug-likeness (QED) is 0.782. The minimum Gasteiger partial charge on any atom is -0.396 e. The van der Waals surface area contributed by atoms with Gasteiger partial charge in [0, 0.05) is 19.3 Å². The SMILES string of the molecule is OCCC(CNC(c1ccccn1)C1CCC1)c1ccccc1. The second kappa shape index (κ2) is 8.23. The van der Waals surface area contributed by atoms with Crippen LogP contribution in [0.1, 0.15) is 48.9 Å². The molecule has 1 aromatic heterocycles. The van der Waals surface area contributed by atoms with Crippen molar-refractivity contribution in [2.75, 3.05) is 13.2 Å². The van der Waals surface area contributed by atoms with Gasteiger partial charge in [-0.15, -0.1) is 0 Å². The molecule has 3 heteroatoms. The first kappa shape index (κ1) is 16.2. The largest absolute Gasteiger partial charge is 0.396 e. The van der Waals surface area contributed by atoms with Gasteiger partial charge in [0.25, 0.3) is 0 Å².